The van der Waals surface area contributed by atoms with Gasteiger partial charge in [0.1, 0.15) is 12.4 Å². The van der Waals surface area contributed by atoms with Crippen LogP contribution in [-0.2, 0) is 20.5 Å². The standard InChI is InChI=1S/C18H26F3N3O4/c1-12(2)22-16(25)10-24(3)11-17(26)23-14-9-13(18(19,20)21)5-6-15(14)28-8-7-27-4/h5-6,9,12H,7-8,10-11H2,1-4H3,(H,22,25)(H,23,26). The third kappa shape index (κ3) is 8.57. The van der Waals surface area contributed by atoms with Gasteiger partial charge in [-0.25, -0.2) is 0 Å². The van der Waals surface area contributed by atoms with Crippen LogP contribution in [0.25, 0.3) is 0 Å². The largest absolute Gasteiger partial charge is 0.489 e. The van der Waals surface area contributed by atoms with Crippen molar-refractivity contribution in [3.63, 3.8) is 0 Å². The number of amides is 2. The number of alkyl halides is 3. The molecule has 0 aliphatic carbocycles. The van der Waals surface area contributed by atoms with E-state index < -0.39 is 17.6 Å². The topological polar surface area (TPSA) is 79.9 Å². The summed E-state index contributed by atoms with van der Waals surface area (Å²) in [5.74, 6) is -0.734. The van der Waals surface area contributed by atoms with Crippen molar-refractivity contribution in [1.82, 2.24) is 10.2 Å². The van der Waals surface area contributed by atoms with E-state index in [1.54, 1.807) is 7.05 Å². The number of hydrogen-bond acceptors (Lipinski definition) is 5. The minimum absolute atomic E-state index is 0.0224. The summed E-state index contributed by atoms with van der Waals surface area (Å²) in [5.41, 5.74) is -1.01. The Morgan fingerprint density at radius 3 is 2.36 bits per heavy atom. The van der Waals surface area contributed by atoms with E-state index in [2.05, 4.69) is 10.6 Å². The molecule has 0 radical (unpaired) electrons. The van der Waals surface area contributed by atoms with E-state index in [0.717, 1.165) is 18.2 Å². The lowest BCUT2D eigenvalue weighted by molar-refractivity contribution is -0.137. The van der Waals surface area contributed by atoms with Crippen molar-refractivity contribution >= 4 is 17.5 Å². The van der Waals surface area contributed by atoms with Crippen molar-refractivity contribution in [2.24, 2.45) is 0 Å². The highest BCUT2D eigenvalue weighted by molar-refractivity contribution is 5.94. The summed E-state index contributed by atoms with van der Waals surface area (Å²) in [6.45, 7) is 3.76. The molecule has 10 heteroatoms. The molecule has 1 aromatic carbocycles. The lowest BCUT2D eigenvalue weighted by atomic mass is 10.1. The van der Waals surface area contributed by atoms with Gasteiger partial charge >= 0.3 is 6.18 Å². The molecule has 0 heterocycles. The number of hydrogen-bond donors (Lipinski definition) is 2. The van der Waals surface area contributed by atoms with Crippen LogP contribution in [0.5, 0.6) is 5.75 Å². The molecule has 28 heavy (non-hydrogen) atoms. The maximum atomic E-state index is 13.0. The zero-order chi connectivity index (χ0) is 21.3. The molecule has 0 aliphatic heterocycles. The van der Waals surface area contributed by atoms with Crippen LogP contribution in [-0.4, -0.2) is 63.2 Å². The number of benzene rings is 1. The number of halogens is 3. The van der Waals surface area contributed by atoms with Gasteiger partial charge in [-0.05, 0) is 39.1 Å². The average molecular weight is 405 g/mol. The molecule has 0 unspecified atom stereocenters. The molecular weight excluding hydrogens is 379 g/mol. The smallest absolute Gasteiger partial charge is 0.416 e. The minimum atomic E-state index is -4.56. The van der Waals surface area contributed by atoms with Gasteiger partial charge < -0.3 is 20.1 Å². The molecule has 158 valence electrons. The second-order valence-corrected chi connectivity index (χ2v) is 6.49. The summed E-state index contributed by atoms with van der Waals surface area (Å²) in [7, 11) is 3.02. The van der Waals surface area contributed by atoms with Gasteiger partial charge in [0, 0.05) is 13.2 Å². The van der Waals surface area contributed by atoms with E-state index in [1.807, 2.05) is 13.8 Å². The summed E-state index contributed by atoms with van der Waals surface area (Å²) >= 11 is 0. The van der Waals surface area contributed by atoms with E-state index in [1.165, 1.54) is 12.0 Å². The number of methoxy groups -OCH3 is 1. The van der Waals surface area contributed by atoms with Crippen LogP contribution in [0, 0.1) is 0 Å². The van der Waals surface area contributed by atoms with Crippen LogP contribution in [0.15, 0.2) is 18.2 Å². The Balaban J connectivity index is 2.82. The number of likely N-dealkylation sites (N-methyl/N-ethyl adjacent to an activating group) is 1. The SMILES string of the molecule is COCCOc1ccc(C(F)(F)F)cc1NC(=O)CN(C)CC(=O)NC(C)C. The molecule has 7 nitrogen and oxygen atoms in total. The predicted octanol–water partition coefficient (Wildman–Crippen LogP) is 2.13. The first kappa shape index (κ1) is 23.7. The van der Waals surface area contributed by atoms with Crippen LogP contribution in [0.2, 0.25) is 0 Å². The fourth-order valence-electron chi connectivity index (χ4n) is 2.27. The van der Waals surface area contributed by atoms with Gasteiger partial charge in [-0.2, -0.15) is 13.2 Å². The Morgan fingerprint density at radius 1 is 1.14 bits per heavy atom. The number of carbonyl (C=O) groups excluding carboxylic acids is 2. The minimum Gasteiger partial charge on any atom is -0.489 e. The Hall–Kier alpha value is -2.33. The monoisotopic (exact) mass is 405 g/mol. The average Bonchev–Trinajstić information content (AvgIpc) is 2.54. The Bertz CT molecular complexity index is 666. The number of anilines is 1. The first-order chi connectivity index (χ1) is 13.0. The highest BCUT2D eigenvalue weighted by Gasteiger charge is 2.31. The highest BCUT2D eigenvalue weighted by atomic mass is 19.4. The van der Waals surface area contributed by atoms with Gasteiger partial charge in [0.2, 0.25) is 11.8 Å². The molecule has 0 saturated carbocycles. The molecule has 2 N–H and O–H groups in total. The fourth-order valence-corrected chi connectivity index (χ4v) is 2.27. The van der Waals surface area contributed by atoms with Gasteiger partial charge in [-0.3, -0.25) is 14.5 Å². The van der Waals surface area contributed by atoms with Crippen LogP contribution in [0.1, 0.15) is 19.4 Å². The number of rotatable bonds is 10. The van der Waals surface area contributed by atoms with E-state index in [4.69, 9.17) is 9.47 Å². The summed E-state index contributed by atoms with van der Waals surface area (Å²) in [6, 6.07) is 2.80. The molecule has 1 aromatic rings. The Morgan fingerprint density at radius 2 is 1.79 bits per heavy atom. The van der Waals surface area contributed by atoms with Crippen molar-refractivity contribution < 1.29 is 32.2 Å². The molecule has 0 aliphatic rings. The Labute approximate surface area is 162 Å². The van der Waals surface area contributed by atoms with Crippen molar-refractivity contribution in [2.45, 2.75) is 26.1 Å². The quantitative estimate of drug-likeness (QED) is 0.583. The lowest BCUT2D eigenvalue weighted by Crippen LogP contribution is -2.41. The van der Waals surface area contributed by atoms with Crippen molar-refractivity contribution in [3.05, 3.63) is 23.8 Å². The molecule has 2 amide bonds. The van der Waals surface area contributed by atoms with Crippen molar-refractivity contribution in [1.29, 1.82) is 0 Å². The van der Waals surface area contributed by atoms with Crippen LogP contribution >= 0.6 is 0 Å². The third-order valence-corrected chi connectivity index (χ3v) is 3.40. The Kier molecular flexibility index (Phi) is 9.20. The van der Waals surface area contributed by atoms with E-state index >= 15 is 0 Å². The second kappa shape index (κ2) is 10.9. The second-order valence-electron chi connectivity index (χ2n) is 6.49. The zero-order valence-corrected chi connectivity index (χ0v) is 16.4. The molecule has 0 saturated heterocycles. The van der Waals surface area contributed by atoms with Gasteiger partial charge in [0.15, 0.2) is 0 Å². The van der Waals surface area contributed by atoms with Crippen molar-refractivity contribution in [2.75, 3.05) is 45.8 Å². The van der Waals surface area contributed by atoms with Gasteiger partial charge in [0.25, 0.3) is 0 Å². The number of nitrogens with zero attached hydrogens (tertiary/aromatic N) is 1. The number of nitrogens with one attached hydrogen (secondary N) is 2. The summed E-state index contributed by atoms with van der Waals surface area (Å²) in [6.07, 6.45) is -4.56. The fraction of sp³-hybridized carbons (Fsp3) is 0.556. The van der Waals surface area contributed by atoms with E-state index in [-0.39, 0.29) is 49.7 Å². The van der Waals surface area contributed by atoms with Crippen LogP contribution < -0.4 is 15.4 Å². The normalized spacial score (nSPS) is 11.6. The van der Waals surface area contributed by atoms with Crippen molar-refractivity contribution in [3.8, 4) is 5.75 Å². The zero-order valence-electron chi connectivity index (χ0n) is 16.4. The predicted molar refractivity (Wildman–Crippen MR) is 98.2 cm³/mol. The molecule has 0 bridgehead atoms. The van der Waals surface area contributed by atoms with Gasteiger partial charge in [0.05, 0.1) is 30.9 Å². The summed E-state index contributed by atoms with van der Waals surface area (Å²) < 4.78 is 49.1. The van der Waals surface area contributed by atoms with Crippen LogP contribution in [0.3, 0.4) is 0 Å². The molecule has 0 aromatic heterocycles. The molecular formula is C18H26F3N3O4. The number of ether oxygens (including phenoxy) is 2. The molecule has 0 fully saturated rings. The third-order valence-electron chi connectivity index (χ3n) is 3.40. The van der Waals surface area contributed by atoms with E-state index in [0.29, 0.717) is 0 Å². The first-order valence-electron chi connectivity index (χ1n) is 8.63. The molecule has 0 spiro atoms. The lowest BCUT2D eigenvalue weighted by Gasteiger charge is -2.19. The van der Waals surface area contributed by atoms with Gasteiger partial charge in [-0.1, -0.05) is 0 Å². The highest BCUT2D eigenvalue weighted by Crippen LogP contribution is 2.35. The first-order valence-corrected chi connectivity index (χ1v) is 8.63. The maximum Gasteiger partial charge on any atom is 0.416 e. The summed E-state index contributed by atoms with van der Waals surface area (Å²) in [5, 5.41) is 5.11. The van der Waals surface area contributed by atoms with E-state index in [9.17, 15) is 22.8 Å². The molecule has 0 atom stereocenters. The van der Waals surface area contributed by atoms with Crippen LogP contribution in [0.4, 0.5) is 18.9 Å². The molecule has 1 rings (SSSR count). The number of carbonyl (C=O) groups is 2. The summed E-state index contributed by atoms with van der Waals surface area (Å²) in [4.78, 5) is 25.4. The van der Waals surface area contributed by atoms with Gasteiger partial charge in [-0.15, -0.1) is 0 Å². The maximum absolute atomic E-state index is 13.0.